The van der Waals surface area contributed by atoms with E-state index < -0.39 is 10.0 Å². The predicted molar refractivity (Wildman–Crippen MR) is 114 cm³/mol. The molecule has 0 unspecified atom stereocenters. The lowest BCUT2D eigenvalue weighted by molar-refractivity contribution is 0.388. The number of nitrogens with one attached hydrogen (secondary N) is 1. The molecule has 1 aromatic carbocycles. The summed E-state index contributed by atoms with van der Waals surface area (Å²) in [6, 6.07) is 9.68. The third kappa shape index (κ3) is 5.08. The van der Waals surface area contributed by atoms with Crippen molar-refractivity contribution in [1.29, 1.82) is 0 Å². The maximum Gasteiger partial charge on any atom is 0.236 e. The third-order valence-electron chi connectivity index (χ3n) is 4.61. The largest absolute Gasteiger partial charge is 0.370 e. The van der Waals surface area contributed by atoms with Crippen LogP contribution in [0.1, 0.15) is 23.9 Å². The molecule has 1 aliphatic rings. The normalized spacial score (nSPS) is 15.9. The molecule has 0 bridgehead atoms. The van der Waals surface area contributed by atoms with Crippen molar-refractivity contribution in [3.63, 3.8) is 0 Å². The van der Waals surface area contributed by atoms with Gasteiger partial charge in [0.05, 0.1) is 0 Å². The number of rotatable bonds is 6. The Bertz CT molecular complexity index is 934. The molecular formula is C20H27N5O2S. The molecule has 0 atom stereocenters. The zero-order valence-electron chi connectivity index (χ0n) is 16.6. The van der Waals surface area contributed by atoms with Crippen molar-refractivity contribution in [3.8, 4) is 0 Å². The van der Waals surface area contributed by atoms with Crippen molar-refractivity contribution in [2.75, 3.05) is 42.9 Å². The lowest BCUT2D eigenvalue weighted by Crippen LogP contribution is -2.48. The third-order valence-corrected chi connectivity index (χ3v) is 6.18. The first kappa shape index (κ1) is 20.3. The highest BCUT2D eigenvalue weighted by atomic mass is 32.2. The zero-order chi connectivity index (χ0) is 20.1. The Morgan fingerprint density at radius 3 is 2.39 bits per heavy atom. The van der Waals surface area contributed by atoms with Crippen molar-refractivity contribution in [1.82, 2.24) is 14.3 Å². The molecular weight excluding hydrogens is 374 g/mol. The fourth-order valence-corrected chi connectivity index (χ4v) is 4.26. The van der Waals surface area contributed by atoms with Gasteiger partial charge in [0.1, 0.15) is 17.5 Å². The van der Waals surface area contributed by atoms with E-state index in [0.717, 1.165) is 29.3 Å². The summed E-state index contributed by atoms with van der Waals surface area (Å²) in [7, 11) is -3.44. The summed E-state index contributed by atoms with van der Waals surface area (Å²) in [4.78, 5) is 11.0. The standard InChI is InChI=1S/C20H27N5O2S/c1-4-21-19-15-20(23-17(3)22-19)24-10-12-25(13-11-24)28(26,27)14-9-18-7-5-16(2)6-8-18/h5-9,14-15H,4,10-13H2,1-3H3,(H,21,22,23)/b14-9+. The van der Waals surface area contributed by atoms with Gasteiger partial charge in [-0.1, -0.05) is 29.8 Å². The molecule has 0 spiro atoms. The molecule has 0 radical (unpaired) electrons. The van der Waals surface area contributed by atoms with E-state index in [1.165, 1.54) is 9.71 Å². The van der Waals surface area contributed by atoms with Crippen LogP contribution in [0.4, 0.5) is 11.6 Å². The summed E-state index contributed by atoms with van der Waals surface area (Å²) in [6.45, 7) is 8.73. The molecule has 28 heavy (non-hydrogen) atoms. The van der Waals surface area contributed by atoms with Crippen molar-refractivity contribution in [3.05, 3.63) is 52.7 Å². The summed E-state index contributed by atoms with van der Waals surface area (Å²) in [6.07, 6.45) is 1.65. The van der Waals surface area contributed by atoms with Crippen molar-refractivity contribution >= 4 is 27.7 Å². The van der Waals surface area contributed by atoms with Gasteiger partial charge in [-0.15, -0.1) is 0 Å². The lowest BCUT2D eigenvalue weighted by Gasteiger charge is -2.34. The number of aryl methyl sites for hydroxylation is 2. The Labute approximate surface area is 167 Å². The Kier molecular flexibility index (Phi) is 6.31. The minimum Gasteiger partial charge on any atom is -0.370 e. The van der Waals surface area contributed by atoms with Crippen LogP contribution in [0.5, 0.6) is 0 Å². The van der Waals surface area contributed by atoms with E-state index in [0.29, 0.717) is 32.0 Å². The van der Waals surface area contributed by atoms with E-state index in [-0.39, 0.29) is 0 Å². The van der Waals surface area contributed by atoms with Gasteiger partial charge in [-0.3, -0.25) is 0 Å². The second-order valence-electron chi connectivity index (χ2n) is 6.83. The molecule has 1 fully saturated rings. The van der Waals surface area contributed by atoms with Crippen LogP contribution >= 0.6 is 0 Å². The number of aromatic nitrogens is 2. The number of sulfonamides is 1. The second kappa shape index (κ2) is 8.70. The van der Waals surface area contributed by atoms with E-state index >= 15 is 0 Å². The van der Waals surface area contributed by atoms with Crippen molar-refractivity contribution in [2.24, 2.45) is 0 Å². The summed E-state index contributed by atoms with van der Waals surface area (Å²) < 4.78 is 26.8. The van der Waals surface area contributed by atoms with Crippen LogP contribution in [-0.4, -0.2) is 55.4 Å². The first-order chi connectivity index (χ1) is 13.4. The molecule has 1 saturated heterocycles. The highest BCUT2D eigenvalue weighted by Gasteiger charge is 2.26. The van der Waals surface area contributed by atoms with Crippen LogP contribution in [0, 0.1) is 13.8 Å². The molecule has 7 nitrogen and oxygen atoms in total. The fraction of sp³-hybridized carbons (Fsp3) is 0.400. The van der Waals surface area contributed by atoms with Gasteiger partial charge < -0.3 is 10.2 Å². The van der Waals surface area contributed by atoms with Gasteiger partial charge in [0.25, 0.3) is 0 Å². The number of nitrogens with zero attached hydrogens (tertiary/aromatic N) is 4. The van der Waals surface area contributed by atoms with Gasteiger partial charge in [0, 0.05) is 44.2 Å². The molecule has 1 N–H and O–H groups in total. The van der Waals surface area contributed by atoms with Crippen molar-refractivity contribution in [2.45, 2.75) is 20.8 Å². The van der Waals surface area contributed by atoms with Crippen LogP contribution in [0.3, 0.4) is 0 Å². The monoisotopic (exact) mass is 401 g/mol. The summed E-state index contributed by atoms with van der Waals surface area (Å²) >= 11 is 0. The van der Waals surface area contributed by atoms with Gasteiger partial charge in [-0.05, 0) is 32.4 Å². The zero-order valence-corrected chi connectivity index (χ0v) is 17.4. The van der Waals surface area contributed by atoms with E-state index in [9.17, 15) is 8.42 Å². The first-order valence-corrected chi connectivity index (χ1v) is 11.0. The van der Waals surface area contributed by atoms with Gasteiger partial charge in [0.2, 0.25) is 10.0 Å². The quantitative estimate of drug-likeness (QED) is 0.802. The van der Waals surface area contributed by atoms with Crippen LogP contribution in [-0.2, 0) is 10.0 Å². The number of anilines is 2. The summed E-state index contributed by atoms with van der Waals surface area (Å²) in [5.74, 6) is 2.32. The minimum atomic E-state index is -3.44. The smallest absolute Gasteiger partial charge is 0.236 e. The van der Waals surface area contributed by atoms with Crippen LogP contribution < -0.4 is 10.2 Å². The lowest BCUT2D eigenvalue weighted by atomic mass is 10.2. The molecule has 1 aliphatic heterocycles. The number of piperazine rings is 1. The average Bonchev–Trinajstić information content (AvgIpc) is 2.67. The average molecular weight is 402 g/mol. The molecule has 3 rings (SSSR count). The van der Waals surface area contributed by atoms with Gasteiger partial charge in [-0.25, -0.2) is 18.4 Å². The summed E-state index contributed by atoms with van der Waals surface area (Å²) in [5.41, 5.74) is 2.02. The van der Waals surface area contributed by atoms with Gasteiger partial charge in [0.15, 0.2) is 0 Å². The topological polar surface area (TPSA) is 78.4 Å². The van der Waals surface area contributed by atoms with Crippen molar-refractivity contribution < 1.29 is 8.42 Å². The molecule has 2 heterocycles. The Balaban J connectivity index is 1.65. The molecule has 8 heteroatoms. The van der Waals surface area contributed by atoms with E-state index in [1.54, 1.807) is 6.08 Å². The Hall–Kier alpha value is -2.45. The molecule has 0 amide bonds. The first-order valence-electron chi connectivity index (χ1n) is 9.47. The highest BCUT2D eigenvalue weighted by Crippen LogP contribution is 2.19. The maximum absolute atomic E-state index is 12.6. The van der Waals surface area contributed by atoms with E-state index in [1.807, 2.05) is 51.1 Å². The molecule has 150 valence electrons. The Morgan fingerprint density at radius 2 is 1.75 bits per heavy atom. The van der Waals surface area contributed by atoms with Crippen LogP contribution in [0.25, 0.3) is 6.08 Å². The SMILES string of the molecule is CCNc1cc(N2CCN(S(=O)(=O)/C=C/c3ccc(C)cc3)CC2)nc(C)n1. The molecule has 0 aliphatic carbocycles. The number of benzene rings is 1. The molecule has 0 saturated carbocycles. The Morgan fingerprint density at radius 1 is 1.07 bits per heavy atom. The molecule has 1 aromatic heterocycles. The molecule has 2 aromatic rings. The van der Waals surface area contributed by atoms with E-state index in [4.69, 9.17) is 0 Å². The predicted octanol–water partition coefficient (Wildman–Crippen LogP) is 2.65. The highest BCUT2D eigenvalue weighted by molar-refractivity contribution is 7.92. The van der Waals surface area contributed by atoms with Gasteiger partial charge >= 0.3 is 0 Å². The van der Waals surface area contributed by atoms with Gasteiger partial charge in [-0.2, -0.15) is 4.31 Å². The van der Waals surface area contributed by atoms with Crippen LogP contribution in [0.2, 0.25) is 0 Å². The fourth-order valence-electron chi connectivity index (χ4n) is 3.09. The second-order valence-corrected chi connectivity index (χ2v) is 8.65. The number of hydrogen-bond donors (Lipinski definition) is 1. The maximum atomic E-state index is 12.6. The summed E-state index contributed by atoms with van der Waals surface area (Å²) in [5, 5.41) is 4.50. The minimum absolute atomic E-state index is 0.431. The van der Waals surface area contributed by atoms with Crippen LogP contribution in [0.15, 0.2) is 35.7 Å². The number of hydrogen-bond acceptors (Lipinski definition) is 6. The van der Waals surface area contributed by atoms with E-state index in [2.05, 4.69) is 20.2 Å².